The number of nitrogens with one attached hydrogen (secondary N) is 2. The van der Waals surface area contributed by atoms with Gasteiger partial charge >= 0.3 is 6.03 Å². The predicted octanol–water partition coefficient (Wildman–Crippen LogP) is 4.22. The molecule has 0 heterocycles. The summed E-state index contributed by atoms with van der Waals surface area (Å²) in [6.45, 7) is 3.66. The number of aryl methyl sites for hydroxylation is 1. The molecule has 4 nitrogen and oxygen atoms in total. The van der Waals surface area contributed by atoms with Gasteiger partial charge in [-0.1, -0.05) is 6.07 Å². The van der Waals surface area contributed by atoms with E-state index >= 15 is 0 Å². The zero-order valence-electron chi connectivity index (χ0n) is 14.2. The lowest BCUT2D eigenvalue weighted by Gasteiger charge is -2.18. The standard InChI is InChI=1S/C18H21F2N3O/c1-11-9-14(6-8-17(11)23(3)4)22-18(24)21-12(2)13-5-7-15(19)16(20)10-13/h5-10,12H,1-4H3,(H2,21,22,24). The Hall–Kier alpha value is -2.63. The number of halogens is 2. The van der Waals surface area contributed by atoms with Crippen molar-refractivity contribution in [3.63, 3.8) is 0 Å². The van der Waals surface area contributed by atoms with Crippen molar-refractivity contribution in [3.05, 3.63) is 59.2 Å². The monoisotopic (exact) mass is 333 g/mol. The van der Waals surface area contributed by atoms with Gasteiger partial charge in [-0.25, -0.2) is 13.6 Å². The number of hydrogen-bond donors (Lipinski definition) is 2. The minimum atomic E-state index is -0.934. The minimum absolute atomic E-state index is 0.413. The van der Waals surface area contributed by atoms with E-state index in [0.717, 1.165) is 23.4 Å². The third-order valence-electron chi connectivity index (χ3n) is 3.73. The van der Waals surface area contributed by atoms with Gasteiger partial charge in [0, 0.05) is 25.5 Å². The van der Waals surface area contributed by atoms with E-state index < -0.39 is 23.7 Å². The Labute approximate surface area is 140 Å². The summed E-state index contributed by atoms with van der Waals surface area (Å²) in [5.41, 5.74) is 3.25. The molecule has 0 saturated heterocycles. The lowest BCUT2D eigenvalue weighted by molar-refractivity contribution is 0.249. The topological polar surface area (TPSA) is 44.4 Å². The van der Waals surface area contributed by atoms with Crippen molar-refractivity contribution < 1.29 is 13.6 Å². The molecule has 0 aliphatic heterocycles. The number of carbonyl (C=O) groups excluding carboxylic acids is 1. The summed E-state index contributed by atoms with van der Waals surface area (Å²) in [7, 11) is 3.90. The normalized spacial score (nSPS) is 11.8. The van der Waals surface area contributed by atoms with E-state index in [2.05, 4.69) is 10.6 Å². The molecule has 6 heteroatoms. The van der Waals surface area contributed by atoms with Crippen molar-refractivity contribution in [2.75, 3.05) is 24.3 Å². The predicted molar refractivity (Wildman–Crippen MR) is 92.4 cm³/mol. The van der Waals surface area contributed by atoms with Crippen LogP contribution in [0, 0.1) is 18.6 Å². The molecule has 0 saturated carbocycles. The quantitative estimate of drug-likeness (QED) is 0.880. The number of nitrogens with zero attached hydrogens (tertiary/aromatic N) is 1. The van der Waals surface area contributed by atoms with Crippen LogP contribution in [0.3, 0.4) is 0 Å². The molecule has 2 aromatic carbocycles. The van der Waals surface area contributed by atoms with Crippen molar-refractivity contribution in [3.8, 4) is 0 Å². The second-order valence-corrected chi connectivity index (χ2v) is 5.89. The minimum Gasteiger partial charge on any atom is -0.377 e. The highest BCUT2D eigenvalue weighted by molar-refractivity contribution is 5.90. The summed E-state index contributed by atoms with van der Waals surface area (Å²) in [5, 5.41) is 5.44. The average molecular weight is 333 g/mol. The van der Waals surface area contributed by atoms with E-state index in [1.165, 1.54) is 6.07 Å². The van der Waals surface area contributed by atoms with E-state index in [4.69, 9.17) is 0 Å². The van der Waals surface area contributed by atoms with Gasteiger partial charge < -0.3 is 15.5 Å². The van der Waals surface area contributed by atoms with Crippen LogP contribution in [-0.2, 0) is 0 Å². The van der Waals surface area contributed by atoms with Crippen LogP contribution in [-0.4, -0.2) is 20.1 Å². The van der Waals surface area contributed by atoms with E-state index in [-0.39, 0.29) is 0 Å². The zero-order chi connectivity index (χ0) is 17.9. The summed E-state index contributed by atoms with van der Waals surface area (Å²) < 4.78 is 26.2. The van der Waals surface area contributed by atoms with Crippen molar-refractivity contribution in [1.29, 1.82) is 0 Å². The summed E-state index contributed by atoms with van der Waals surface area (Å²) in [4.78, 5) is 14.1. The number of anilines is 2. The first-order valence-corrected chi connectivity index (χ1v) is 7.58. The Morgan fingerprint density at radius 1 is 1.08 bits per heavy atom. The average Bonchev–Trinajstić information content (AvgIpc) is 2.49. The largest absolute Gasteiger partial charge is 0.377 e. The number of carbonyl (C=O) groups is 1. The molecule has 0 fully saturated rings. The van der Waals surface area contributed by atoms with E-state index in [1.807, 2.05) is 44.1 Å². The molecule has 1 atom stereocenters. The maximum atomic E-state index is 13.3. The van der Waals surface area contributed by atoms with Gasteiger partial charge in [-0.05, 0) is 55.3 Å². The molecule has 2 amide bonds. The van der Waals surface area contributed by atoms with Crippen LogP contribution >= 0.6 is 0 Å². The second kappa shape index (κ2) is 7.29. The Balaban J connectivity index is 2.02. The fraction of sp³-hybridized carbons (Fsp3) is 0.278. The van der Waals surface area contributed by atoms with E-state index in [9.17, 15) is 13.6 Å². The van der Waals surface area contributed by atoms with Crippen molar-refractivity contribution >= 4 is 17.4 Å². The Morgan fingerprint density at radius 3 is 2.38 bits per heavy atom. The Kier molecular flexibility index (Phi) is 5.39. The number of hydrogen-bond acceptors (Lipinski definition) is 2. The van der Waals surface area contributed by atoms with Crippen LogP contribution in [0.15, 0.2) is 36.4 Å². The Bertz CT molecular complexity index is 747. The third-order valence-corrected chi connectivity index (χ3v) is 3.73. The third kappa shape index (κ3) is 4.22. The van der Waals surface area contributed by atoms with Gasteiger partial charge in [0.05, 0.1) is 6.04 Å². The lowest BCUT2D eigenvalue weighted by Crippen LogP contribution is -2.31. The van der Waals surface area contributed by atoms with Crippen LogP contribution in [0.5, 0.6) is 0 Å². The smallest absolute Gasteiger partial charge is 0.319 e. The number of benzene rings is 2. The molecule has 2 rings (SSSR count). The second-order valence-electron chi connectivity index (χ2n) is 5.89. The van der Waals surface area contributed by atoms with Crippen LogP contribution in [0.4, 0.5) is 25.0 Å². The molecule has 0 spiro atoms. The molecule has 24 heavy (non-hydrogen) atoms. The van der Waals surface area contributed by atoms with Gasteiger partial charge in [0.25, 0.3) is 0 Å². The molecule has 2 N–H and O–H groups in total. The molecule has 0 bridgehead atoms. The van der Waals surface area contributed by atoms with Crippen LogP contribution in [0.25, 0.3) is 0 Å². The highest BCUT2D eigenvalue weighted by Crippen LogP contribution is 2.22. The molecule has 2 aromatic rings. The fourth-order valence-corrected chi connectivity index (χ4v) is 2.46. The van der Waals surface area contributed by atoms with Gasteiger partial charge in [-0.2, -0.15) is 0 Å². The zero-order valence-corrected chi connectivity index (χ0v) is 14.2. The summed E-state index contributed by atoms with van der Waals surface area (Å²) in [6, 6.07) is 8.30. The van der Waals surface area contributed by atoms with Crippen LogP contribution < -0.4 is 15.5 Å². The molecule has 0 radical (unpaired) electrons. The molecule has 0 aromatic heterocycles. The van der Waals surface area contributed by atoms with Crippen molar-refractivity contribution in [1.82, 2.24) is 5.32 Å². The summed E-state index contributed by atoms with van der Waals surface area (Å²) in [6.07, 6.45) is 0. The van der Waals surface area contributed by atoms with E-state index in [1.54, 1.807) is 6.92 Å². The van der Waals surface area contributed by atoms with Crippen LogP contribution in [0.1, 0.15) is 24.1 Å². The number of urea groups is 1. The first-order chi connectivity index (χ1) is 11.3. The SMILES string of the molecule is Cc1cc(NC(=O)NC(C)c2ccc(F)c(F)c2)ccc1N(C)C. The highest BCUT2D eigenvalue weighted by Gasteiger charge is 2.12. The lowest BCUT2D eigenvalue weighted by atomic mass is 10.1. The van der Waals surface area contributed by atoms with E-state index in [0.29, 0.717) is 11.3 Å². The maximum absolute atomic E-state index is 13.3. The molecular weight excluding hydrogens is 312 g/mol. The maximum Gasteiger partial charge on any atom is 0.319 e. The van der Waals surface area contributed by atoms with Crippen molar-refractivity contribution in [2.24, 2.45) is 0 Å². The molecule has 1 unspecified atom stereocenters. The van der Waals surface area contributed by atoms with Crippen molar-refractivity contribution in [2.45, 2.75) is 19.9 Å². The fourth-order valence-electron chi connectivity index (χ4n) is 2.46. The van der Waals surface area contributed by atoms with Gasteiger partial charge in [-0.3, -0.25) is 0 Å². The van der Waals surface area contributed by atoms with Gasteiger partial charge in [0.1, 0.15) is 0 Å². The number of amides is 2. The summed E-state index contributed by atoms with van der Waals surface area (Å²) in [5.74, 6) is -1.84. The molecule has 0 aliphatic rings. The first-order valence-electron chi connectivity index (χ1n) is 7.58. The highest BCUT2D eigenvalue weighted by atomic mass is 19.2. The van der Waals surface area contributed by atoms with Gasteiger partial charge in [0.2, 0.25) is 0 Å². The Morgan fingerprint density at radius 2 is 1.79 bits per heavy atom. The molecule has 0 aliphatic carbocycles. The van der Waals surface area contributed by atoms with Gasteiger partial charge in [0.15, 0.2) is 11.6 Å². The number of rotatable bonds is 4. The molecular formula is C18H21F2N3O. The first kappa shape index (κ1) is 17.7. The molecule has 128 valence electrons. The summed E-state index contributed by atoms with van der Waals surface area (Å²) >= 11 is 0. The van der Waals surface area contributed by atoms with Gasteiger partial charge in [-0.15, -0.1) is 0 Å². The van der Waals surface area contributed by atoms with Crippen LogP contribution in [0.2, 0.25) is 0 Å².